The SMILES string of the molecule is CC(C)C[C@@H](NC(N)=O)C(=O)OCC(=O)Nc1ccc(Cl)c([N+](=O)[O-])c1. The van der Waals surface area contributed by atoms with Crippen molar-refractivity contribution in [3.05, 3.63) is 33.3 Å². The van der Waals surface area contributed by atoms with Crippen molar-refractivity contribution in [1.82, 2.24) is 5.32 Å². The number of carbonyl (C=O) groups is 3. The number of halogens is 1. The summed E-state index contributed by atoms with van der Waals surface area (Å²) in [5.41, 5.74) is 4.76. The minimum atomic E-state index is -0.975. The molecule has 0 aliphatic rings. The van der Waals surface area contributed by atoms with E-state index in [9.17, 15) is 24.5 Å². The van der Waals surface area contributed by atoms with E-state index in [4.69, 9.17) is 22.1 Å². The molecule has 142 valence electrons. The number of ether oxygens (including phenoxy) is 1. The molecule has 0 radical (unpaired) electrons. The number of amides is 3. The maximum Gasteiger partial charge on any atom is 0.329 e. The second-order valence-electron chi connectivity index (χ2n) is 5.77. The number of rotatable bonds is 8. The number of primary amides is 1. The molecule has 26 heavy (non-hydrogen) atoms. The first kappa shape index (κ1) is 21.2. The van der Waals surface area contributed by atoms with Gasteiger partial charge >= 0.3 is 12.0 Å². The average Bonchev–Trinajstić information content (AvgIpc) is 2.52. The summed E-state index contributed by atoms with van der Waals surface area (Å²) in [6.45, 7) is 3.04. The Balaban J connectivity index is 2.65. The van der Waals surface area contributed by atoms with Crippen LogP contribution >= 0.6 is 11.6 Å². The largest absolute Gasteiger partial charge is 0.454 e. The summed E-state index contributed by atoms with van der Waals surface area (Å²) in [5, 5.41) is 15.3. The molecule has 0 aliphatic carbocycles. The Hall–Kier alpha value is -2.88. The Morgan fingerprint density at radius 1 is 1.35 bits per heavy atom. The normalized spacial score (nSPS) is 11.5. The summed E-state index contributed by atoms with van der Waals surface area (Å²) in [7, 11) is 0. The number of hydrogen-bond acceptors (Lipinski definition) is 6. The Morgan fingerprint density at radius 3 is 2.54 bits per heavy atom. The van der Waals surface area contributed by atoms with Crippen LogP contribution in [0.5, 0.6) is 0 Å². The van der Waals surface area contributed by atoms with Crippen LogP contribution in [-0.2, 0) is 14.3 Å². The molecule has 0 bridgehead atoms. The molecule has 0 spiro atoms. The third-order valence-electron chi connectivity index (χ3n) is 3.08. The number of urea groups is 1. The monoisotopic (exact) mass is 386 g/mol. The predicted octanol–water partition coefficient (Wildman–Crippen LogP) is 1.81. The molecule has 1 rings (SSSR count). The lowest BCUT2D eigenvalue weighted by Gasteiger charge is -2.18. The highest BCUT2D eigenvalue weighted by atomic mass is 35.5. The summed E-state index contributed by atoms with van der Waals surface area (Å²) in [6, 6.07) is 1.85. The van der Waals surface area contributed by atoms with Crippen molar-refractivity contribution in [2.24, 2.45) is 11.7 Å². The van der Waals surface area contributed by atoms with Gasteiger partial charge in [0, 0.05) is 11.8 Å². The molecular weight excluding hydrogens is 368 g/mol. The summed E-state index contributed by atoms with van der Waals surface area (Å²) >= 11 is 5.68. The zero-order valence-electron chi connectivity index (χ0n) is 14.2. The second-order valence-corrected chi connectivity index (χ2v) is 6.18. The van der Waals surface area contributed by atoms with Gasteiger partial charge in [-0.05, 0) is 24.5 Å². The van der Waals surface area contributed by atoms with Gasteiger partial charge in [0.1, 0.15) is 11.1 Å². The Kier molecular flexibility index (Phi) is 7.78. The Morgan fingerprint density at radius 2 is 2.00 bits per heavy atom. The van der Waals surface area contributed by atoms with Crippen LogP contribution in [0, 0.1) is 16.0 Å². The standard InChI is InChI=1S/C15H19ClN4O6/c1-8(2)5-11(19-15(17)23)14(22)26-7-13(21)18-9-3-4-10(16)12(6-9)20(24)25/h3-4,6,8,11H,5,7H2,1-2H3,(H,18,21)(H3,17,19,23)/t11-/m1/s1. The number of hydrogen-bond donors (Lipinski definition) is 3. The first-order valence-corrected chi connectivity index (χ1v) is 7.94. The quantitative estimate of drug-likeness (QED) is 0.351. The van der Waals surface area contributed by atoms with Crippen molar-refractivity contribution in [3.63, 3.8) is 0 Å². The van der Waals surface area contributed by atoms with Crippen LogP contribution in [0.4, 0.5) is 16.2 Å². The zero-order chi connectivity index (χ0) is 19.9. The van der Waals surface area contributed by atoms with E-state index < -0.39 is 35.5 Å². The molecule has 1 atom stereocenters. The molecule has 3 amide bonds. The van der Waals surface area contributed by atoms with E-state index in [0.717, 1.165) is 6.07 Å². The molecule has 11 heteroatoms. The summed E-state index contributed by atoms with van der Waals surface area (Å²) in [5.74, 6) is -1.45. The summed E-state index contributed by atoms with van der Waals surface area (Å²) in [6.07, 6.45) is 0.284. The third-order valence-corrected chi connectivity index (χ3v) is 3.40. The first-order chi connectivity index (χ1) is 12.1. The molecule has 4 N–H and O–H groups in total. The van der Waals surface area contributed by atoms with Gasteiger partial charge in [0.2, 0.25) is 0 Å². The van der Waals surface area contributed by atoms with E-state index >= 15 is 0 Å². The minimum Gasteiger partial charge on any atom is -0.454 e. The molecule has 0 aliphatic heterocycles. The van der Waals surface area contributed by atoms with Gasteiger partial charge in [0.05, 0.1) is 4.92 Å². The second kappa shape index (κ2) is 9.56. The van der Waals surface area contributed by atoms with Crippen molar-refractivity contribution < 1.29 is 24.0 Å². The van der Waals surface area contributed by atoms with Gasteiger partial charge in [-0.2, -0.15) is 0 Å². The molecule has 10 nitrogen and oxygen atoms in total. The summed E-state index contributed by atoms with van der Waals surface area (Å²) < 4.78 is 4.86. The molecule has 0 unspecified atom stereocenters. The van der Waals surface area contributed by atoms with Crippen molar-refractivity contribution in [2.45, 2.75) is 26.3 Å². The predicted molar refractivity (Wildman–Crippen MR) is 93.7 cm³/mol. The number of nitrogens with two attached hydrogens (primary N) is 1. The van der Waals surface area contributed by atoms with E-state index in [1.165, 1.54) is 12.1 Å². The van der Waals surface area contributed by atoms with Crippen LogP contribution in [0.2, 0.25) is 5.02 Å². The van der Waals surface area contributed by atoms with Crippen LogP contribution in [0.3, 0.4) is 0 Å². The number of carbonyl (C=O) groups excluding carboxylic acids is 3. The lowest BCUT2D eigenvalue weighted by molar-refractivity contribution is -0.384. The lowest BCUT2D eigenvalue weighted by atomic mass is 10.0. The van der Waals surface area contributed by atoms with Crippen LogP contribution in [0.25, 0.3) is 0 Å². The topological polar surface area (TPSA) is 154 Å². The van der Waals surface area contributed by atoms with E-state index in [1.54, 1.807) is 0 Å². The maximum atomic E-state index is 12.0. The highest BCUT2D eigenvalue weighted by molar-refractivity contribution is 6.32. The van der Waals surface area contributed by atoms with Crippen molar-refractivity contribution in [1.29, 1.82) is 0 Å². The number of nitrogens with zero attached hydrogens (tertiary/aromatic N) is 1. The Bertz CT molecular complexity index is 709. The highest BCUT2D eigenvalue weighted by Crippen LogP contribution is 2.27. The molecule has 0 saturated heterocycles. The zero-order valence-corrected chi connectivity index (χ0v) is 14.9. The highest BCUT2D eigenvalue weighted by Gasteiger charge is 2.23. The van der Waals surface area contributed by atoms with E-state index in [0.29, 0.717) is 0 Å². The van der Waals surface area contributed by atoms with Crippen LogP contribution in [0.1, 0.15) is 20.3 Å². The van der Waals surface area contributed by atoms with Gasteiger partial charge in [-0.15, -0.1) is 0 Å². The molecule has 1 aromatic carbocycles. The van der Waals surface area contributed by atoms with E-state index in [-0.39, 0.29) is 28.7 Å². The molecule has 1 aromatic rings. The third kappa shape index (κ3) is 6.93. The van der Waals surface area contributed by atoms with Gasteiger partial charge in [0.15, 0.2) is 6.61 Å². The fraction of sp³-hybridized carbons (Fsp3) is 0.400. The van der Waals surface area contributed by atoms with Gasteiger partial charge < -0.3 is 21.1 Å². The van der Waals surface area contributed by atoms with Gasteiger partial charge in [-0.1, -0.05) is 25.4 Å². The number of esters is 1. The molecule has 0 heterocycles. The van der Waals surface area contributed by atoms with Crippen LogP contribution in [0.15, 0.2) is 18.2 Å². The molecule has 0 saturated carbocycles. The van der Waals surface area contributed by atoms with Gasteiger partial charge in [-0.3, -0.25) is 14.9 Å². The van der Waals surface area contributed by atoms with Crippen molar-refractivity contribution >= 4 is 40.9 Å². The summed E-state index contributed by atoms with van der Waals surface area (Å²) in [4.78, 5) is 44.9. The number of nitro benzene ring substituents is 1. The maximum absolute atomic E-state index is 12.0. The molecular formula is C15H19ClN4O6. The van der Waals surface area contributed by atoms with E-state index in [1.807, 2.05) is 13.8 Å². The number of nitrogens with one attached hydrogen (secondary N) is 2. The fourth-order valence-electron chi connectivity index (χ4n) is 2.02. The number of benzene rings is 1. The van der Waals surface area contributed by atoms with Gasteiger partial charge in [-0.25, -0.2) is 9.59 Å². The van der Waals surface area contributed by atoms with E-state index in [2.05, 4.69) is 10.6 Å². The Labute approximate surface area is 154 Å². The first-order valence-electron chi connectivity index (χ1n) is 7.56. The molecule has 0 aromatic heterocycles. The van der Waals surface area contributed by atoms with Crippen molar-refractivity contribution in [3.8, 4) is 0 Å². The van der Waals surface area contributed by atoms with Crippen LogP contribution in [-0.4, -0.2) is 35.5 Å². The number of nitro groups is 1. The lowest BCUT2D eigenvalue weighted by Crippen LogP contribution is -2.45. The molecule has 0 fully saturated rings. The average molecular weight is 387 g/mol. The smallest absolute Gasteiger partial charge is 0.329 e. The fourth-order valence-corrected chi connectivity index (χ4v) is 2.21. The van der Waals surface area contributed by atoms with Crippen LogP contribution < -0.4 is 16.4 Å². The minimum absolute atomic E-state index is 0.0721. The van der Waals surface area contributed by atoms with Gasteiger partial charge in [0.25, 0.3) is 11.6 Å². The van der Waals surface area contributed by atoms with Crippen molar-refractivity contribution in [2.75, 3.05) is 11.9 Å². The number of anilines is 1.